The fourth-order valence-corrected chi connectivity index (χ4v) is 4.69. The second kappa shape index (κ2) is 4.56. The number of fused-ring (bicyclic) bond motifs is 2. The third kappa shape index (κ3) is 2.09. The van der Waals surface area contributed by atoms with Crippen molar-refractivity contribution in [3.8, 4) is 0 Å². The molecule has 1 aromatic carbocycles. The largest absolute Gasteiger partial charge is 0.348 e. The minimum absolute atomic E-state index is 0.0863. The number of amides is 1. The molecule has 2 aliphatic carbocycles. The van der Waals surface area contributed by atoms with Crippen LogP contribution in [0.3, 0.4) is 0 Å². The van der Waals surface area contributed by atoms with E-state index < -0.39 is 5.82 Å². The van der Waals surface area contributed by atoms with Crippen molar-refractivity contribution in [3.63, 3.8) is 0 Å². The van der Waals surface area contributed by atoms with Crippen LogP contribution in [0.25, 0.3) is 0 Å². The summed E-state index contributed by atoms with van der Waals surface area (Å²) in [5.74, 6) is -0.0145. The fourth-order valence-electron chi connectivity index (χ4n) is 4.69. The van der Waals surface area contributed by atoms with Crippen molar-refractivity contribution in [3.05, 3.63) is 35.1 Å². The number of carbonyl (C=O) groups is 1. The van der Waals surface area contributed by atoms with Gasteiger partial charge in [0.1, 0.15) is 5.82 Å². The molecule has 1 aromatic rings. The van der Waals surface area contributed by atoms with E-state index in [4.69, 9.17) is 0 Å². The highest BCUT2D eigenvalue weighted by Gasteiger charge is 2.59. The van der Waals surface area contributed by atoms with Crippen molar-refractivity contribution in [2.24, 2.45) is 16.7 Å². The number of benzene rings is 1. The predicted octanol–water partition coefficient (Wildman–Crippen LogP) is 4.08. The Morgan fingerprint density at radius 3 is 2.67 bits per heavy atom. The molecule has 3 atom stereocenters. The van der Waals surface area contributed by atoms with Crippen LogP contribution in [-0.4, -0.2) is 11.9 Å². The van der Waals surface area contributed by atoms with E-state index in [0.29, 0.717) is 11.5 Å². The first-order valence-electron chi connectivity index (χ1n) is 7.82. The molecule has 3 heteroatoms. The van der Waals surface area contributed by atoms with E-state index >= 15 is 0 Å². The normalized spacial score (nSPS) is 33.2. The Morgan fingerprint density at radius 1 is 1.33 bits per heavy atom. The molecule has 2 aliphatic rings. The van der Waals surface area contributed by atoms with E-state index in [1.807, 2.05) is 0 Å². The van der Waals surface area contributed by atoms with Crippen molar-refractivity contribution in [2.75, 3.05) is 0 Å². The maximum atomic E-state index is 14.1. The molecular weight excluding hydrogens is 265 g/mol. The van der Waals surface area contributed by atoms with Crippen LogP contribution in [-0.2, 0) is 0 Å². The van der Waals surface area contributed by atoms with Crippen LogP contribution >= 0.6 is 0 Å². The highest BCUT2D eigenvalue weighted by Crippen LogP contribution is 2.62. The summed E-state index contributed by atoms with van der Waals surface area (Å²) in [5.41, 5.74) is 0.922. The van der Waals surface area contributed by atoms with Crippen LogP contribution in [0, 0.1) is 29.5 Å². The molecule has 3 unspecified atom stereocenters. The van der Waals surface area contributed by atoms with Gasteiger partial charge in [-0.15, -0.1) is 0 Å². The summed E-state index contributed by atoms with van der Waals surface area (Å²) in [5, 5.41) is 3.15. The molecule has 2 nitrogen and oxygen atoms in total. The lowest BCUT2D eigenvalue weighted by Gasteiger charge is -2.43. The molecule has 1 amide bonds. The number of rotatable bonds is 2. The van der Waals surface area contributed by atoms with Crippen molar-refractivity contribution in [1.29, 1.82) is 0 Å². The molecule has 0 aliphatic heterocycles. The van der Waals surface area contributed by atoms with Crippen LogP contribution in [0.4, 0.5) is 4.39 Å². The zero-order valence-corrected chi connectivity index (χ0v) is 13.3. The molecular formula is C18H24FNO. The second-order valence-electron chi connectivity index (χ2n) is 7.76. The van der Waals surface area contributed by atoms with Gasteiger partial charge in [0, 0.05) is 6.04 Å². The van der Waals surface area contributed by atoms with Gasteiger partial charge in [0.15, 0.2) is 0 Å². The maximum Gasteiger partial charge on any atom is 0.254 e. The van der Waals surface area contributed by atoms with E-state index in [1.165, 1.54) is 12.8 Å². The molecule has 1 N–H and O–H groups in total. The van der Waals surface area contributed by atoms with Gasteiger partial charge in [0.25, 0.3) is 5.91 Å². The van der Waals surface area contributed by atoms with Crippen LogP contribution in [0.5, 0.6) is 0 Å². The number of hydrogen-bond acceptors (Lipinski definition) is 1. The molecule has 3 rings (SSSR count). The molecule has 2 bridgehead atoms. The third-order valence-electron chi connectivity index (χ3n) is 5.98. The average Bonchev–Trinajstić information content (AvgIpc) is 2.89. The summed E-state index contributed by atoms with van der Waals surface area (Å²) in [6.45, 7) is 8.42. The SMILES string of the molecule is Cc1cccc(C(=O)NC2C3(C)CCC(C3)C2(C)C)c1F. The molecule has 114 valence electrons. The third-order valence-corrected chi connectivity index (χ3v) is 5.98. The molecule has 21 heavy (non-hydrogen) atoms. The van der Waals surface area contributed by atoms with Gasteiger partial charge in [-0.1, -0.05) is 32.9 Å². The first kappa shape index (κ1) is 14.6. The summed E-state index contributed by atoms with van der Waals surface area (Å²) >= 11 is 0. The van der Waals surface area contributed by atoms with Gasteiger partial charge >= 0.3 is 0 Å². The lowest BCUT2D eigenvalue weighted by atomic mass is 9.68. The number of nitrogens with one attached hydrogen (secondary N) is 1. The minimum atomic E-state index is -0.402. The summed E-state index contributed by atoms with van der Waals surface area (Å²) in [6.07, 6.45) is 3.57. The van der Waals surface area contributed by atoms with Crippen LogP contribution in [0.2, 0.25) is 0 Å². The topological polar surface area (TPSA) is 29.1 Å². The molecule has 0 radical (unpaired) electrons. The summed E-state index contributed by atoms with van der Waals surface area (Å²) in [7, 11) is 0. The molecule has 2 fully saturated rings. The van der Waals surface area contributed by atoms with Gasteiger partial charge in [-0.25, -0.2) is 4.39 Å². The first-order valence-corrected chi connectivity index (χ1v) is 7.82. The lowest BCUT2D eigenvalue weighted by molar-refractivity contribution is 0.0734. The fraction of sp³-hybridized carbons (Fsp3) is 0.611. The molecule has 2 saturated carbocycles. The Bertz CT molecular complexity index is 590. The van der Waals surface area contributed by atoms with Crippen LogP contribution < -0.4 is 5.32 Å². The predicted molar refractivity (Wildman–Crippen MR) is 81.6 cm³/mol. The van der Waals surface area contributed by atoms with E-state index in [1.54, 1.807) is 25.1 Å². The molecule has 0 aromatic heterocycles. The van der Waals surface area contributed by atoms with E-state index in [9.17, 15) is 9.18 Å². The number of aryl methyl sites for hydroxylation is 1. The number of hydrogen-bond donors (Lipinski definition) is 1. The van der Waals surface area contributed by atoms with Gasteiger partial charge < -0.3 is 5.32 Å². The highest BCUT2D eigenvalue weighted by atomic mass is 19.1. The van der Waals surface area contributed by atoms with Gasteiger partial charge in [-0.05, 0) is 54.6 Å². The van der Waals surface area contributed by atoms with Gasteiger partial charge in [0.05, 0.1) is 5.56 Å². The van der Waals surface area contributed by atoms with Crippen LogP contribution in [0.15, 0.2) is 18.2 Å². The molecule has 0 heterocycles. The summed E-state index contributed by atoms with van der Waals surface area (Å²) < 4.78 is 14.1. The second-order valence-corrected chi connectivity index (χ2v) is 7.76. The summed E-state index contributed by atoms with van der Waals surface area (Å²) in [6, 6.07) is 5.12. The quantitative estimate of drug-likeness (QED) is 0.873. The smallest absolute Gasteiger partial charge is 0.254 e. The zero-order valence-electron chi connectivity index (χ0n) is 13.3. The Hall–Kier alpha value is -1.38. The Balaban J connectivity index is 1.87. The van der Waals surface area contributed by atoms with Gasteiger partial charge in [-0.2, -0.15) is 0 Å². The Kier molecular flexibility index (Phi) is 3.16. The minimum Gasteiger partial charge on any atom is -0.348 e. The highest BCUT2D eigenvalue weighted by molar-refractivity contribution is 5.95. The Labute approximate surface area is 126 Å². The number of halogens is 1. The van der Waals surface area contributed by atoms with E-state index in [-0.39, 0.29) is 28.3 Å². The lowest BCUT2D eigenvalue weighted by Crippen LogP contribution is -2.52. The first-order chi connectivity index (χ1) is 9.75. The van der Waals surface area contributed by atoms with E-state index in [2.05, 4.69) is 26.1 Å². The monoisotopic (exact) mass is 289 g/mol. The van der Waals surface area contributed by atoms with Crippen molar-refractivity contribution < 1.29 is 9.18 Å². The molecule has 0 saturated heterocycles. The van der Waals surface area contributed by atoms with E-state index in [0.717, 1.165) is 6.42 Å². The summed E-state index contributed by atoms with van der Waals surface area (Å²) in [4.78, 5) is 12.5. The van der Waals surface area contributed by atoms with Crippen molar-refractivity contribution >= 4 is 5.91 Å². The number of carbonyl (C=O) groups excluding carboxylic acids is 1. The average molecular weight is 289 g/mol. The van der Waals surface area contributed by atoms with Crippen LogP contribution in [0.1, 0.15) is 56.0 Å². The molecule has 0 spiro atoms. The van der Waals surface area contributed by atoms with Gasteiger partial charge in [0.2, 0.25) is 0 Å². The zero-order chi connectivity index (χ0) is 15.4. The van der Waals surface area contributed by atoms with Crippen molar-refractivity contribution in [1.82, 2.24) is 5.32 Å². The van der Waals surface area contributed by atoms with Crippen molar-refractivity contribution in [2.45, 2.75) is 53.0 Å². The maximum absolute atomic E-state index is 14.1. The standard InChI is InChI=1S/C18H24FNO/c1-11-6-5-7-13(14(11)19)15(21)20-16-17(2,3)12-8-9-18(16,4)10-12/h5-7,12,16H,8-10H2,1-4H3,(H,20,21). The van der Waals surface area contributed by atoms with Gasteiger partial charge in [-0.3, -0.25) is 4.79 Å². The Morgan fingerprint density at radius 2 is 2.05 bits per heavy atom.